The van der Waals surface area contributed by atoms with Crippen molar-refractivity contribution in [2.75, 3.05) is 5.32 Å². The van der Waals surface area contributed by atoms with Crippen molar-refractivity contribution in [2.45, 2.75) is 19.9 Å². The molecule has 3 rings (SSSR count). The van der Waals surface area contributed by atoms with Crippen LogP contribution in [0.5, 0.6) is 5.75 Å². The first-order chi connectivity index (χ1) is 9.63. The molecule has 4 heteroatoms. The van der Waals surface area contributed by atoms with E-state index in [2.05, 4.69) is 23.3 Å². The van der Waals surface area contributed by atoms with Gasteiger partial charge in [0.1, 0.15) is 10.8 Å². The molecule has 1 aromatic heterocycles. The molecule has 0 amide bonds. The van der Waals surface area contributed by atoms with Crippen LogP contribution in [0.3, 0.4) is 0 Å². The number of aryl methyl sites for hydroxylation is 1. The minimum atomic E-state index is 0.135. The molecule has 0 aliphatic carbocycles. The number of aromatic nitrogens is 1. The number of thiazole rings is 1. The molecule has 0 bridgehead atoms. The Kier molecular flexibility index (Phi) is 3.32. The van der Waals surface area contributed by atoms with E-state index in [0.717, 1.165) is 21.8 Å². The standard InChI is InChI=1S/C16H16N2OS/c1-10-9-12(19)7-8-13(10)17-11(2)16-18-14-5-3-4-6-15(14)20-16/h3-9,11,17,19H,1-2H3. The van der Waals surface area contributed by atoms with Crippen LogP contribution in [0, 0.1) is 6.92 Å². The largest absolute Gasteiger partial charge is 0.508 e. The second-order valence-electron chi connectivity index (χ2n) is 4.89. The number of fused-ring (bicyclic) bond motifs is 1. The summed E-state index contributed by atoms with van der Waals surface area (Å²) < 4.78 is 1.21. The summed E-state index contributed by atoms with van der Waals surface area (Å²) in [6.45, 7) is 4.08. The fourth-order valence-corrected chi connectivity index (χ4v) is 3.15. The zero-order valence-corrected chi connectivity index (χ0v) is 12.2. The highest BCUT2D eigenvalue weighted by molar-refractivity contribution is 7.18. The van der Waals surface area contributed by atoms with E-state index in [1.54, 1.807) is 23.5 Å². The van der Waals surface area contributed by atoms with Crippen molar-refractivity contribution in [2.24, 2.45) is 0 Å². The summed E-state index contributed by atoms with van der Waals surface area (Å²) in [5.41, 5.74) is 3.09. The van der Waals surface area contributed by atoms with Crippen molar-refractivity contribution in [3.8, 4) is 5.75 Å². The lowest BCUT2D eigenvalue weighted by molar-refractivity contribution is 0.475. The van der Waals surface area contributed by atoms with Gasteiger partial charge in [-0.25, -0.2) is 4.98 Å². The minimum Gasteiger partial charge on any atom is -0.508 e. The monoisotopic (exact) mass is 284 g/mol. The van der Waals surface area contributed by atoms with Gasteiger partial charge in [0.2, 0.25) is 0 Å². The summed E-state index contributed by atoms with van der Waals surface area (Å²) in [4.78, 5) is 4.66. The fraction of sp³-hybridized carbons (Fsp3) is 0.188. The summed E-state index contributed by atoms with van der Waals surface area (Å²) in [6, 6.07) is 13.7. The quantitative estimate of drug-likeness (QED) is 0.697. The van der Waals surface area contributed by atoms with Gasteiger partial charge in [-0.3, -0.25) is 0 Å². The van der Waals surface area contributed by atoms with Crippen LogP contribution in [0.15, 0.2) is 42.5 Å². The normalized spacial score (nSPS) is 12.5. The zero-order chi connectivity index (χ0) is 14.1. The molecule has 0 radical (unpaired) electrons. The third-order valence-corrected chi connectivity index (χ3v) is 4.48. The Hall–Kier alpha value is -2.07. The summed E-state index contributed by atoms with van der Waals surface area (Å²) in [6.07, 6.45) is 0. The number of nitrogens with zero attached hydrogens (tertiary/aromatic N) is 1. The van der Waals surface area contributed by atoms with E-state index in [1.165, 1.54) is 4.70 Å². The Morgan fingerprint density at radius 3 is 2.75 bits per heavy atom. The number of hydrogen-bond acceptors (Lipinski definition) is 4. The number of phenolic OH excluding ortho intramolecular Hbond substituents is 1. The van der Waals surface area contributed by atoms with Crippen LogP contribution < -0.4 is 5.32 Å². The lowest BCUT2D eigenvalue weighted by Crippen LogP contribution is -2.07. The lowest BCUT2D eigenvalue weighted by atomic mass is 10.1. The number of aromatic hydroxyl groups is 1. The Balaban J connectivity index is 1.86. The predicted molar refractivity (Wildman–Crippen MR) is 84.5 cm³/mol. The molecule has 0 aliphatic rings. The van der Waals surface area contributed by atoms with Gasteiger partial charge in [-0.15, -0.1) is 11.3 Å². The third-order valence-electron chi connectivity index (χ3n) is 3.26. The molecule has 0 spiro atoms. The van der Waals surface area contributed by atoms with Gasteiger partial charge in [0.25, 0.3) is 0 Å². The lowest BCUT2D eigenvalue weighted by Gasteiger charge is -2.15. The van der Waals surface area contributed by atoms with Crippen molar-refractivity contribution >= 4 is 27.2 Å². The van der Waals surface area contributed by atoms with Gasteiger partial charge in [-0.05, 0) is 49.7 Å². The van der Waals surface area contributed by atoms with Gasteiger partial charge in [0.15, 0.2) is 0 Å². The SMILES string of the molecule is Cc1cc(O)ccc1NC(C)c1nc2ccccc2s1. The molecule has 2 aromatic carbocycles. The van der Waals surface area contributed by atoms with Crippen molar-refractivity contribution in [3.05, 3.63) is 53.0 Å². The molecular formula is C16H16N2OS. The minimum absolute atomic E-state index is 0.135. The van der Waals surface area contributed by atoms with E-state index in [9.17, 15) is 5.11 Å². The number of anilines is 1. The summed E-state index contributed by atoms with van der Waals surface area (Å²) in [5, 5.41) is 14.0. The molecule has 0 fully saturated rings. The van der Waals surface area contributed by atoms with Crippen LogP contribution in [0.4, 0.5) is 5.69 Å². The molecule has 102 valence electrons. The summed E-state index contributed by atoms with van der Waals surface area (Å²) in [7, 11) is 0. The van der Waals surface area contributed by atoms with E-state index >= 15 is 0 Å². The van der Waals surface area contributed by atoms with E-state index in [1.807, 2.05) is 31.2 Å². The Bertz CT molecular complexity index is 718. The second-order valence-corrected chi connectivity index (χ2v) is 5.95. The molecule has 1 heterocycles. The number of rotatable bonds is 3. The molecule has 3 aromatic rings. The Labute approximate surface area is 121 Å². The molecule has 2 N–H and O–H groups in total. The van der Waals surface area contributed by atoms with Crippen LogP contribution >= 0.6 is 11.3 Å². The first-order valence-electron chi connectivity index (χ1n) is 6.55. The maximum atomic E-state index is 9.45. The van der Waals surface area contributed by atoms with Gasteiger partial charge in [-0.2, -0.15) is 0 Å². The van der Waals surface area contributed by atoms with Crippen LogP contribution in [0.1, 0.15) is 23.5 Å². The predicted octanol–water partition coefficient (Wildman–Crippen LogP) is 4.48. The van der Waals surface area contributed by atoms with E-state index < -0.39 is 0 Å². The van der Waals surface area contributed by atoms with Crippen LogP contribution in [-0.2, 0) is 0 Å². The highest BCUT2D eigenvalue weighted by atomic mass is 32.1. The smallest absolute Gasteiger partial charge is 0.116 e. The van der Waals surface area contributed by atoms with Crippen molar-refractivity contribution in [1.82, 2.24) is 4.98 Å². The van der Waals surface area contributed by atoms with E-state index in [4.69, 9.17) is 0 Å². The van der Waals surface area contributed by atoms with Gasteiger partial charge < -0.3 is 10.4 Å². The first-order valence-corrected chi connectivity index (χ1v) is 7.37. The Morgan fingerprint density at radius 2 is 2.00 bits per heavy atom. The third kappa shape index (κ3) is 2.47. The number of phenols is 1. The zero-order valence-electron chi connectivity index (χ0n) is 11.4. The molecule has 0 saturated heterocycles. The van der Waals surface area contributed by atoms with Crippen molar-refractivity contribution < 1.29 is 5.11 Å². The summed E-state index contributed by atoms with van der Waals surface area (Å²) in [5.74, 6) is 0.292. The number of benzene rings is 2. The highest BCUT2D eigenvalue weighted by Gasteiger charge is 2.12. The van der Waals surface area contributed by atoms with Crippen LogP contribution in [0.25, 0.3) is 10.2 Å². The molecule has 1 unspecified atom stereocenters. The first kappa shape index (κ1) is 12.9. The van der Waals surface area contributed by atoms with Gasteiger partial charge in [0.05, 0.1) is 16.3 Å². The molecule has 0 aliphatic heterocycles. The fourth-order valence-electron chi connectivity index (χ4n) is 2.18. The average molecular weight is 284 g/mol. The maximum Gasteiger partial charge on any atom is 0.116 e. The molecule has 3 nitrogen and oxygen atoms in total. The van der Waals surface area contributed by atoms with Crippen molar-refractivity contribution in [3.63, 3.8) is 0 Å². The van der Waals surface area contributed by atoms with Gasteiger partial charge >= 0.3 is 0 Å². The van der Waals surface area contributed by atoms with Gasteiger partial charge in [-0.1, -0.05) is 12.1 Å². The number of hydrogen-bond donors (Lipinski definition) is 2. The topological polar surface area (TPSA) is 45.1 Å². The molecule has 0 saturated carbocycles. The number of para-hydroxylation sites is 1. The van der Waals surface area contributed by atoms with Crippen LogP contribution in [-0.4, -0.2) is 10.1 Å². The van der Waals surface area contributed by atoms with Gasteiger partial charge in [0, 0.05) is 5.69 Å². The average Bonchev–Trinajstić information content (AvgIpc) is 2.86. The molecular weight excluding hydrogens is 268 g/mol. The maximum absolute atomic E-state index is 9.45. The summed E-state index contributed by atoms with van der Waals surface area (Å²) >= 11 is 1.71. The molecule has 20 heavy (non-hydrogen) atoms. The highest BCUT2D eigenvalue weighted by Crippen LogP contribution is 2.29. The molecule has 1 atom stereocenters. The van der Waals surface area contributed by atoms with Crippen LogP contribution in [0.2, 0.25) is 0 Å². The van der Waals surface area contributed by atoms with Crippen molar-refractivity contribution in [1.29, 1.82) is 0 Å². The Morgan fingerprint density at radius 1 is 1.20 bits per heavy atom. The van der Waals surface area contributed by atoms with E-state index in [0.29, 0.717) is 5.75 Å². The number of nitrogens with one attached hydrogen (secondary N) is 1. The van der Waals surface area contributed by atoms with E-state index in [-0.39, 0.29) is 6.04 Å². The second kappa shape index (κ2) is 5.13.